The van der Waals surface area contributed by atoms with Crippen LogP contribution in [0.3, 0.4) is 0 Å². The first kappa shape index (κ1) is 16.2. The number of hydrogen-bond acceptors (Lipinski definition) is 5. The maximum atomic E-state index is 12.1. The van der Waals surface area contributed by atoms with E-state index in [9.17, 15) is 9.59 Å². The highest BCUT2D eigenvalue weighted by molar-refractivity contribution is 5.85. The van der Waals surface area contributed by atoms with Crippen LogP contribution in [0.25, 0.3) is 0 Å². The van der Waals surface area contributed by atoms with Gasteiger partial charge in [-0.05, 0) is 19.9 Å². The lowest BCUT2D eigenvalue weighted by Gasteiger charge is -2.28. The van der Waals surface area contributed by atoms with E-state index in [1.807, 2.05) is 11.9 Å². The van der Waals surface area contributed by atoms with Crippen molar-refractivity contribution in [1.29, 1.82) is 0 Å². The van der Waals surface area contributed by atoms with Gasteiger partial charge < -0.3 is 20.3 Å². The molecule has 1 heterocycles. The van der Waals surface area contributed by atoms with Crippen LogP contribution in [0.5, 0.6) is 0 Å². The number of morpholine rings is 1. The van der Waals surface area contributed by atoms with Crippen LogP contribution in [0.1, 0.15) is 12.8 Å². The fourth-order valence-corrected chi connectivity index (χ4v) is 2.31. The van der Waals surface area contributed by atoms with Gasteiger partial charge in [-0.3, -0.25) is 14.5 Å². The van der Waals surface area contributed by atoms with E-state index >= 15 is 0 Å². The Morgan fingerprint density at radius 1 is 1.29 bits per heavy atom. The van der Waals surface area contributed by atoms with Gasteiger partial charge in [0.1, 0.15) is 0 Å². The Morgan fingerprint density at radius 3 is 2.67 bits per heavy atom. The van der Waals surface area contributed by atoms with Crippen molar-refractivity contribution in [2.45, 2.75) is 25.0 Å². The number of nitrogens with zero attached hydrogens (tertiary/aromatic N) is 2. The fraction of sp³-hybridized carbons (Fsp3) is 0.857. The van der Waals surface area contributed by atoms with Gasteiger partial charge in [0.15, 0.2) is 0 Å². The van der Waals surface area contributed by atoms with E-state index in [0.717, 1.165) is 25.9 Å². The minimum absolute atomic E-state index is 0.0489. The molecule has 2 fully saturated rings. The third-order valence-corrected chi connectivity index (χ3v) is 3.67. The quantitative estimate of drug-likeness (QED) is 0.607. The summed E-state index contributed by atoms with van der Waals surface area (Å²) < 4.78 is 5.61. The van der Waals surface area contributed by atoms with Gasteiger partial charge in [-0.2, -0.15) is 0 Å². The molecule has 0 radical (unpaired) electrons. The second-order valence-electron chi connectivity index (χ2n) is 5.99. The Morgan fingerprint density at radius 2 is 2.05 bits per heavy atom. The van der Waals surface area contributed by atoms with Gasteiger partial charge in [0.05, 0.1) is 25.8 Å². The van der Waals surface area contributed by atoms with Crippen molar-refractivity contribution in [2.75, 3.05) is 53.4 Å². The van der Waals surface area contributed by atoms with Crippen LogP contribution < -0.4 is 10.6 Å². The first-order valence-electron chi connectivity index (χ1n) is 7.59. The number of nitrogens with one attached hydrogen (secondary N) is 2. The number of amides is 2. The van der Waals surface area contributed by atoms with Crippen molar-refractivity contribution < 1.29 is 14.3 Å². The number of hydrogen-bond donors (Lipinski definition) is 2. The van der Waals surface area contributed by atoms with E-state index in [-0.39, 0.29) is 24.5 Å². The van der Waals surface area contributed by atoms with Gasteiger partial charge in [0.25, 0.3) is 0 Å². The predicted octanol–water partition coefficient (Wildman–Crippen LogP) is -1.36. The van der Waals surface area contributed by atoms with Crippen molar-refractivity contribution in [1.82, 2.24) is 20.4 Å². The molecular formula is C14H26N4O3. The molecule has 1 unspecified atom stereocenters. The average Bonchev–Trinajstić information content (AvgIpc) is 3.23. The highest BCUT2D eigenvalue weighted by atomic mass is 16.5. The van der Waals surface area contributed by atoms with Gasteiger partial charge in [0.2, 0.25) is 11.8 Å². The molecule has 0 aromatic carbocycles. The van der Waals surface area contributed by atoms with Crippen LogP contribution in [0.2, 0.25) is 0 Å². The number of carbonyl (C=O) groups is 2. The number of rotatable bonds is 7. The topological polar surface area (TPSA) is 73.9 Å². The summed E-state index contributed by atoms with van der Waals surface area (Å²) in [6.45, 7) is 3.56. The van der Waals surface area contributed by atoms with Gasteiger partial charge in [-0.1, -0.05) is 0 Å². The number of carbonyl (C=O) groups excluding carboxylic acids is 2. The maximum absolute atomic E-state index is 12.1. The molecule has 2 aliphatic rings. The third kappa shape index (κ3) is 5.99. The molecule has 1 atom stereocenters. The minimum Gasteiger partial charge on any atom is -0.374 e. The molecule has 120 valence electrons. The molecule has 1 aliphatic heterocycles. The Hall–Kier alpha value is -1.18. The SMILES string of the molecule is CN(CC(=O)N(C)CC(=O)NC1CC1)CC1CNCCO1. The standard InChI is InChI=1S/C14H26N4O3/c1-17(8-12-7-15-5-6-21-12)10-14(20)18(2)9-13(19)16-11-3-4-11/h11-12,15H,3-10H2,1-2H3,(H,16,19). The molecule has 2 amide bonds. The molecule has 1 saturated heterocycles. The molecule has 2 rings (SSSR count). The third-order valence-electron chi connectivity index (χ3n) is 3.67. The summed E-state index contributed by atoms with van der Waals surface area (Å²) >= 11 is 0. The lowest BCUT2D eigenvalue weighted by Crippen LogP contribution is -2.47. The van der Waals surface area contributed by atoms with Crippen molar-refractivity contribution in [2.24, 2.45) is 0 Å². The Kier molecular flexibility index (Phi) is 5.96. The zero-order valence-electron chi connectivity index (χ0n) is 12.9. The van der Waals surface area contributed by atoms with E-state index in [1.165, 1.54) is 4.90 Å². The molecule has 1 saturated carbocycles. The maximum Gasteiger partial charge on any atom is 0.239 e. The Bertz CT molecular complexity index is 367. The number of likely N-dealkylation sites (N-methyl/N-ethyl adjacent to an activating group) is 2. The van der Waals surface area contributed by atoms with Crippen LogP contribution >= 0.6 is 0 Å². The molecule has 7 nitrogen and oxygen atoms in total. The van der Waals surface area contributed by atoms with Crippen molar-refractivity contribution >= 4 is 11.8 Å². The van der Waals surface area contributed by atoms with E-state index in [4.69, 9.17) is 4.74 Å². The second-order valence-corrected chi connectivity index (χ2v) is 5.99. The first-order chi connectivity index (χ1) is 10.0. The van der Waals surface area contributed by atoms with Crippen LogP contribution in [-0.2, 0) is 14.3 Å². The Labute approximate surface area is 126 Å². The molecule has 2 N–H and O–H groups in total. The van der Waals surface area contributed by atoms with Crippen LogP contribution in [0.4, 0.5) is 0 Å². The van der Waals surface area contributed by atoms with Crippen LogP contribution in [-0.4, -0.2) is 87.2 Å². The molecule has 21 heavy (non-hydrogen) atoms. The molecule has 7 heteroatoms. The van der Waals surface area contributed by atoms with Crippen molar-refractivity contribution in [3.8, 4) is 0 Å². The molecule has 0 aromatic heterocycles. The smallest absolute Gasteiger partial charge is 0.239 e. The zero-order valence-corrected chi connectivity index (χ0v) is 12.9. The normalized spacial score (nSPS) is 22.1. The Balaban J connectivity index is 1.65. The molecule has 0 spiro atoms. The van der Waals surface area contributed by atoms with E-state index in [2.05, 4.69) is 10.6 Å². The van der Waals surface area contributed by atoms with Gasteiger partial charge >= 0.3 is 0 Å². The highest BCUT2D eigenvalue weighted by Crippen LogP contribution is 2.18. The van der Waals surface area contributed by atoms with E-state index in [1.54, 1.807) is 7.05 Å². The average molecular weight is 298 g/mol. The van der Waals surface area contributed by atoms with E-state index in [0.29, 0.717) is 25.7 Å². The summed E-state index contributed by atoms with van der Waals surface area (Å²) in [4.78, 5) is 27.2. The largest absolute Gasteiger partial charge is 0.374 e. The minimum atomic E-state index is -0.0733. The summed E-state index contributed by atoms with van der Waals surface area (Å²) in [6.07, 6.45) is 2.24. The van der Waals surface area contributed by atoms with Crippen molar-refractivity contribution in [3.05, 3.63) is 0 Å². The number of ether oxygens (including phenoxy) is 1. The summed E-state index contributed by atoms with van der Waals surface area (Å²) in [7, 11) is 3.56. The molecule has 0 bridgehead atoms. The summed E-state index contributed by atoms with van der Waals surface area (Å²) in [5, 5.41) is 6.15. The van der Waals surface area contributed by atoms with Gasteiger partial charge in [0, 0.05) is 32.7 Å². The van der Waals surface area contributed by atoms with Gasteiger partial charge in [-0.25, -0.2) is 0 Å². The highest BCUT2D eigenvalue weighted by Gasteiger charge is 2.24. The lowest BCUT2D eigenvalue weighted by atomic mass is 10.3. The van der Waals surface area contributed by atoms with Gasteiger partial charge in [-0.15, -0.1) is 0 Å². The molecule has 1 aliphatic carbocycles. The second kappa shape index (κ2) is 7.72. The van der Waals surface area contributed by atoms with Crippen molar-refractivity contribution in [3.63, 3.8) is 0 Å². The monoisotopic (exact) mass is 298 g/mol. The van der Waals surface area contributed by atoms with Crippen LogP contribution in [0.15, 0.2) is 0 Å². The lowest BCUT2D eigenvalue weighted by molar-refractivity contribution is -0.135. The summed E-state index contributed by atoms with van der Waals surface area (Å²) in [6, 6.07) is 0.333. The predicted molar refractivity (Wildman–Crippen MR) is 78.9 cm³/mol. The first-order valence-corrected chi connectivity index (χ1v) is 7.59. The van der Waals surface area contributed by atoms with Crippen LogP contribution in [0, 0.1) is 0 Å². The fourth-order valence-electron chi connectivity index (χ4n) is 2.31. The summed E-state index contributed by atoms with van der Waals surface area (Å²) in [5.74, 6) is -0.122. The van der Waals surface area contributed by atoms with E-state index < -0.39 is 0 Å². The summed E-state index contributed by atoms with van der Waals surface area (Å²) in [5.41, 5.74) is 0. The zero-order chi connectivity index (χ0) is 15.2. The molecule has 0 aromatic rings. The molecular weight excluding hydrogens is 272 g/mol.